The summed E-state index contributed by atoms with van der Waals surface area (Å²) in [7, 11) is 0. The first-order chi connectivity index (χ1) is 8.85. The van der Waals surface area contributed by atoms with Crippen LogP contribution in [0.2, 0.25) is 0 Å². The van der Waals surface area contributed by atoms with E-state index in [-0.39, 0.29) is 6.04 Å². The van der Waals surface area contributed by atoms with E-state index in [1.54, 1.807) is 0 Å². The van der Waals surface area contributed by atoms with Crippen LogP contribution in [0.3, 0.4) is 0 Å². The molecule has 0 saturated heterocycles. The first kappa shape index (κ1) is 13.0. The van der Waals surface area contributed by atoms with Crippen LogP contribution in [0.25, 0.3) is 0 Å². The summed E-state index contributed by atoms with van der Waals surface area (Å²) in [6.07, 6.45) is 1.81. The van der Waals surface area contributed by atoms with Crippen LogP contribution in [-0.4, -0.2) is 22.7 Å². The lowest BCUT2D eigenvalue weighted by molar-refractivity contribution is 0.340. The van der Waals surface area contributed by atoms with Crippen LogP contribution < -0.4 is 10.1 Å². The molecule has 1 aromatic carbocycles. The van der Waals surface area contributed by atoms with Crippen LogP contribution in [0, 0.1) is 0 Å². The van der Waals surface area contributed by atoms with Crippen LogP contribution in [0.1, 0.15) is 30.3 Å². The van der Waals surface area contributed by atoms with E-state index in [1.807, 2.05) is 25.3 Å². The Morgan fingerprint density at radius 2 is 2.06 bits per heavy atom. The lowest BCUT2D eigenvalue weighted by Crippen LogP contribution is -2.21. The van der Waals surface area contributed by atoms with Crippen LogP contribution in [0.15, 0.2) is 30.5 Å². The second kappa shape index (κ2) is 6.47. The van der Waals surface area contributed by atoms with Gasteiger partial charge < -0.3 is 10.1 Å². The molecule has 2 aromatic rings. The number of nitrogens with one attached hydrogen (secondary N) is 1. The van der Waals surface area contributed by atoms with Gasteiger partial charge in [-0.1, -0.05) is 23.5 Å². The molecule has 4 nitrogen and oxygen atoms in total. The molecule has 1 N–H and O–H groups in total. The topological polar surface area (TPSA) is 47.0 Å². The van der Waals surface area contributed by atoms with Crippen LogP contribution in [-0.2, 0) is 0 Å². The minimum Gasteiger partial charge on any atom is -0.494 e. The minimum atomic E-state index is 0.158. The van der Waals surface area contributed by atoms with E-state index in [0.717, 1.165) is 17.2 Å². The van der Waals surface area contributed by atoms with Gasteiger partial charge in [-0.25, -0.2) is 0 Å². The molecule has 0 amide bonds. The molecular formula is C13H17N3OS. The van der Waals surface area contributed by atoms with E-state index in [0.29, 0.717) is 6.61 Å². The molecule has 0 fully saturated rings. The summed E-state index contributed by atoms with van der Waals surface area (Å²) >= 11 is 1.43. The highest BCUT2D eigenvalue weighted by molar-refractivity contribution is 7.05. The van der Waals surface area contributed by atoms with Crippen LogP contribution >= 0.6 is 11.5 Å². The average molecular weight is 263 g/mol. The second-order valence-corrected chi connectivity index (χ2v) is 4.63. The smallest absolute Gasteiger partial charge is 0.119 e. The van der Waals surface area contributed by atoms with E-state index in [9.17, 15) is 0 Å². The van der Waals surface area contributed by atoms with Gasteiger partial charge in [0.15, 0.2) is 0 Å². The van der Waals surface area contributed by atoms with Crippen molar-refractivity contribution in [2.24, 2.45) is 0 Å². The Morgan fingerprint density at radius 3 is 2.61 bits per heavy atom. The van der Waals surface area contributed by atoms with Crippen molar-refractivity contribution in [2.45, 2.75) is 19.9 Å². The number of nitrogens with zero attached hydrogens (tertiary/aromatic N) is 2. The van der Waals surface area contributed by atoms with Crippen molar-refractivity contribution in [3.8, 4) is 5.75 Å². The van der Waals surface area contributed by atoms with Gasteiger partial charge in [-0.05, 0) is 42.7 Å². The minimum absolute atomic E-state index is 0.158. The molecule has 0 aliphatic heterocycles. The molecule has 0 aliphatic carbocycles. The molecule has 0 aliphatic rings. The summed E-state index contributed by atoms with van der Waals surface area (Å²) in [5.74, 6) is 0.902. The van der Waals surface area contributed by atoms with Crippen molar-refractivity contribution in [1.29, 1.82) is 0 Å². The van der Waals surface area contributed by atoms with Gasteiger partial charge in [0.25, 0.3) is 0 Å². The van der Waals surface area contributed by atoms with Gasteiger partial charge in [0.1, 0.15) is 5.75 Å². The van der Waals surface area contributed by atoms with Crippen LogP contribution in [0.5, 0.6) is 5.75 Å². The maximum Gasteiger partial charge on any atom is 0.119 e. The summed E-state index contributed by atoms with van der Waals surface area (Å²) in [4.78, 5) is 1.13. The Bertz CT molecular complexity index is 456. The number of aromatic nitrogens is 2. The van der Waals surface area contributed by atoms with Crippen LogP contribution in [0.4, 0.5) is 0 Å². The van der Waals surface area contributed by atoms with E-state index in [2.05, 4.69) is 34.0 Å². The summed E-state index contributed by atoms with van der Waals surface area (Å²) in [6, 6.07) is 8.32. The van der Waals surface area contributed by atoms with Crippen molar-refractivity contribution in [2.75, 3.05) is 13.2 Å². The highest BCUT2D eigenvalue weighted by Crippen LogP contribution is 2.25. The maximum absolute atomic E-state index is 5.45. The highest BCUT2D eigenvalue weighted by atomic mass is 32.1. The van der Waals surface area contributed by atoms with Gasteiger partial charge in [-0.15, -0.1) is 5.10 Å². The molecule has 1 heterocycles. The largest absolute Gasteiger partial charge is 0.494 e. The van der Waals surface area contributed by atoms with Gasteiger partial charge in [-0.3, -0.25) is 0 Å². The molecule has 0 radical (unpaired) electrons. The standard InChI is InChI=1S/C13H17N3OS/c1-3-14-13(12-9-15-16-18-12)10-5-7-11(8-6-10)17-4-2/h5-9,13-14H,3-4H2,1-2H3. The number of ether oxygens (including phenoxy) is 1. The summed E-state index contributed by atoms with van der Waals surface area (Å²) in [6.45, 7) is 5.67. The molecular weight excluding hydrogens is 246 g/mol. The molecule has 0 bridgehead atoms. The van der Waals surface area contributed by atoms with Gasteiger partial charge in [0.2, 0.25) is 0 Å². The molecule has 0 spiro atoms. The number of hydrogen-bond acceptors (Lipinski definition) is 5. The predicted octanol–water partition coefficient (Wildman–Crippen LogP) is 2.64. The Balaban J connectivity index is 2.20. The van der Waals surface area contributed by atoms with E-state index in [1.165, 1.54) is 17.1 Å². The fourth-order valence-corrected chi connectivity index (χ4v) is 2.42. The van der Waals surface area contributed by atoms with Gasteiger partial charge in [0.05, 0.1) is 23.7 Å². The highest BCUT2D eigenvalue weighted by Gasteiger charge is 2.15. The normalized spacial score (nSPS) is 12.3. The maximum atomic E-state index is 5.45. The van der Waals surface area contributed by atoms with Gasteiger partial charge >= 0.3 is 0 Å². The third kappa shape index (κ3) is 3.05. The van der Waals surface area contributed by atoms with E-state index >= 15 is 0 Å². The number of rotatable bonds is 6. The third-order valence-corrected chi connectivity index (χ3v) is 3.32. The Morgan fingerprint density at radius 1 is 1.28 bits per heavy atom. The first-order valence-electron chi connectivity index (χ1n) is 6.08. The zero-order chi connectivity index (χ0) is 12.8. The van der Waals surface area contributed by atoms with Crippen molar-refractivity contribution in [1.82, 2.24) is 14.9 Å². The predicted molar refractivity (Wildman–Crippen MR) is 73.0 cm³/mol. The summed E-state index contributed by atoms with van der Waals surface area (Å²) in [5.41, 5.74) is 1.20. The lowest BCUT2D eigenvalue weighted by atomic mass is 10.1. The van der Waals surface area contributed by atoms with Crippen molar-refractivity contribution in [3.05, 3.63) is 40.9 Å². The molecule has 18 heavy (non-hydrogen) atoms. The van der Waals surface area contributed by atoms with Crippen molar-refractivity contribution >= 4 is 11.5 Å². The molecule has 5 heteroatoms. The number of benzene rings is 1. The van der Waals surface area contributed by atoms with Gasteiger partial charge in [-0.2, -0.15) is 0 Å². The lowest BCUT2D eigenvalue weighted by Gasteiger charge is -2.16. The molecule has 1 aromatic heterocycles. The fraction of sp³-hybridized carbons (Fsp3) is 0.385. The van der Waals surface area contributed by atoms with E-state index < -0.39 is 0 Å². The van der Waals surface area contributed by atoms with E-state index in [4.69, 9.17) is 4.74 Å². The quantitative estimate of drug-likeness (QED) is 0.870. The third-order valence-electron chi connectivity index (χ3n) is 2.60. The Hall–Kier alpha value is -1.46. The zero-order valence-corrected chi connectivity index (χ0v) is 11.4. The van der Waals surface area contributed by atoms with Crippen molar-refractivity contribution < 1.29 is 4.74 Å². The SMILES string of the molecule is CCNC(c1ccc(OCC)cc1)c1cnns1. The monoisotopic (exact) mass is 263 g/mol. The zero-order valence-electron chi connectivity index (χ0n) is 10.6. The second-order valence-electron chi connectivity index (χ2n) is 3.81. The molecule has 1 atom stereocenters. The number of hydrogen-bond donors (Lipinski definition) is 1. The van der Waals surface area contributed by atoms with Crippen molar-refractivity contribution in [3.63, 3.8) is 0 Å². The molecule has 0 saturated carbocycles. The summed E-state index contributed by atoms with van der Waals surface area (Å²) in [5, 5.41) is 7.34. The summed E-state index contributed by atoms with van der Waals surface area (Å²) < 4.78 is 9.37. The molecule has 96 valence electrons. The average Bonchev–Trinajstić information content (AvgIpc) is 2.91. The molecule has 2 rings (SSSR count). The first-order valence-corrected chi connectivity index (χ1v) is 6.85. The Labute approximate surface area is 111 Å². The molecule has 1 unspecified atom stereocenters. The Kier molecular flexibility index (Phi) is 4.66. The van der Waals surface area contributed by atoms with Gasteiger partial charge in [0, 0.05) is 0 Å². The fourth-order valence-electron chi connectivity index (χ4n) is 1.81.